The smallest absolute Gasteiger partial charge is 0.406 e. The van der Waals surface area contributed by atoms with Crippen molar-refractivity contribution in [3.63, 3.8) is 0 Å². The lowest BCUT2D eigenvalue weighted by Crippen LogP contribution is -2.42. The number of nitrogens with two attached hydrogens (primary N) is 1. The fourth-order valence-electron chi connectivity index (χ4n) is 2.91. The zero-order chi connectivity index (χ0) is 18.9. The fraction of sp³-hybridized carbons (Fsp3) is 0.294. The van der Waals surface area contributed by atoms with Gasteiger partial charge in [-0.05, 0) is 24.1 Å². The van der Waals surface area contributed by atoms with E-state index in [2.05, 4.69) is 4.98 Å². The van der Waals surface area contributed by atoms with E-state index in [-0.39, 0.29) is 11.4 Å². The van der Waals surface area contributed by atoms with Crippen molar-refractivity contribution < 1.29 is 17.9 Å². The summed E-state index contributed by atoms with van der Waals surface area (Å²) < 4.78 is 32.5. The van der Waals surface area contributed by atoms with Crippen LogP contribution in [0.2, 0.25) is 0 Å². The number of aromatic nitrogens is 1. The molecule has 1 aliphatic rings. The van der Waals surface area contributed by atoms with Gasteiger partial charge in [0.15, 0.2) is 6.23 Å². The Balaban J connectivity index is 2.01. The molecule has 0 saturated carbocycles. The molecule has 0 aliphatic carbocycles. The van der Waals surface area contributed by atoms with Gasteiger partial charge in [-0.3, -0.25) is 0 Å². The van der Waals surface area contributed by atoms with Crippen LogP contribution in [-0.2, 0) is 21.2 Å². The molecule has 0 radical (unpaired) electrons. The number of primary amides is 1. The predicted octanol–water partition coefficient (Wildman–Crippen LogP) is 1.49. The Morgan fingerprint density at radius 1 is 1.27 bits per heavy atom. The number of carbonyl (C=O) groups is 1. The number of nitrogens with zero attached hydrogens (tertiary/aromatic N) is 3. The minimum Gasteiger partial charge on any atom is -0.425 e. The molecule has 2 aromatic rings. The number of carbonyl (C=O) groups excluding carboxylic acids is 1. The van der Waals surface area contributed by atoms with E-state index in [0.717, 1.165) is 9.87 Å². The van der Waals surface area contributed by atoms with Crippen molar-refractivity contribution in [2.75, 3.05) is 25.5 Å². The molecule has 1 amide bonds. The molecule has 1 aliphatic heterocycles. The van der Waals surface area contributed by atoms with E-state index < -0.39 is 22.3 Å². The van der Waals surface area contributed by atoms with Gasteiger partial charge in [-0.1, -0.05) is 24.3 Å². The molecule has 2 N–H and O–H groups in total. The topological polar surface area (TPSA) is 106 Å². The summed E-state index contributed by atoms with van der Waals surface area (Å²) in [6, 6.07) is 10.3. The third-order valence-electron chi connectivity index (χ3n) is 4.20. The van der Waals surface area contributed by atoms with Crippen LogP contribution in [0.25, 0.3) is 0 Å². The second kappa shape index (κ2) is 6.93. The summed E-state index contributed by atoms with van der Waals surface area (Å²) in [4.78, 5) is 17.3. The van der Waals surface area contributed by atoms with Crippen molar-refractivity contribution in [2.24, 2.45) is 5.73 Å². The maximum atomic E-state index is 13.1. The average molecular weight is 376 g/mol. The van der Waals surface area contributed by atoms with Crippen molar-refractivity contribution in [2.45, 2.75) is 17.5 Å². The van der Waals surface area contributed by atoms with E-state index in [1.54, 1.807) is 23.1 Å². The molecule has 9 heteroatoms. The van der Waals surface area contributed by atoms with Crippen LogP contribution in [0, 0.1) is 0 Å². The Labute approximate surface area is 152 Å². The zero-order valence-electron chi connectivity index (χ0n) is 14.5. The highest BCUT2D eigenvalue weighted by atomic mass is 32.2. The minimum absolute atomic E-state index is 0.0283. The van der Waals surface area contributed by atoms with Crippen molar-refractivity contribution in [3.8, 4) is 0 Å². The van der Waals surface area contributed by atoms with Crippen LogP contribution in [0.15, 0.2) is 47.5 Å². The Morgan fingerprint density at radius 3 is 2.62 bits per heavy atom. The second-order valence-electron chi connectivity index (χ2n) is 6.10. The zero-order valence-corrected chi connectivity index (χ0v) is 15.3. The number of rotatable bonds is 4. The van der Waals surface area contributed by atoms with Gasteiger partial charge in [-0.15, -0.1) is 0 Å². The lowest BCUT2D eigenvalue weighted by molar-refractivity contribution is 0.0295. The Kier molecular flexibility index (Phi) is 4.84. The average Bonchev–Trinajstić information content (AvgIpc) is 2.61. The van der Waals surface area contributed by atoms with E-state index in [1.165, 1.54) is 12.3 Å². The molecule has 3 rings (SSSR count). The highest BCUT2D eigenvalue weighted by molar-refractivity contribution is 7.89. The molecule has 26 heavy (non-hydrogen) atoms. The molecule has 1 aromatic heterocycles. The summed E-state index contributed by atoms with van der Waals surface area (Å²) in [7, 11) is -0.294. The molecule has 2 heterocycles. The SMILES string of the molecule is CN(C)c1ccc(S(=O)(=O)N2CCc3ccccc3C2OC(N)=O)cn1. The first-order chi connectivity index (χ1) is 12.3. The molecule has 0 bridgehead atoms. The lowest BCUT2D eigenvalue weighted by atomic mass is 10.00. The fourth-order valence-corrected chi connectivity index (χ4v) is 4.35. The van der Waals surface area contributed by atoms with Crippen molar-refractivity contribution in [3.05, 3.63) is 53.7 Å². The number of anilines is 1. The van der Waals surface area contributed by atoms with Crippen LogP contribution in [0.3, 0.4) is 0 Å². The predicted molar refractivity (Wildman–Crippen MR) is 96.0 cm³/mol. The summed E-state index contributed by atoms with van der Waals surface area (Å²) in [5, 5.41) is 0. The van der Waals surface area contributed by atoms with Crippen LogP contribution < -0.4 is 10.6 Å². The van der Waals surface area contributed by atoms with Gasteiger partial charge in [0.1, 0.15) is 10.7 Å². The first-order valence-electron chi connectivity index (χ1n) is 8.00. The molecule has 1 atom stereocenters. The van der Waals surface area contributed by atoms with E-state index in [1.807, 2.05) is 26.2 Å². The summed E-state index contributed by atoms with van der Waals surface area (Å²) in [5.41, 5.74) is 6.71. The molecule has 138 valence electrons. The molecule has 1 aromatic carbocycles. The number of hydrogen-bond donors (Lipinski definition) is 1. The number of sulfonamides is 1. The molecule has 0 saturated heterocycles. The number of benzene rings is 1. The van der Waals surface area contributed by atoms with Crippen LogP contribution in [0.4, 0.5) is 10.6 Å². The van der Waals surface area contributed by atoms with Gasteiger partial charge in [-0.2, -0.15) is 4.31 Å². The first-order valence-corrected chi connectivity index (χ1v) is 9.44. The van der Waals surface area contributed by atoms with Gasteiger partial charge in [0.2, 0.25) is 10.0 Å². The lowest BCUT2D eigenvalue weighted by Gasteiger charge is -2.35. The first kappa shape index (κ1) is 18.2. The third-order valence-corrected chi connectivity index (χ3v) is 6.03. The van der Waals surface area contributed by atoms with E-state index in [9.17, 15) is 13.2 Å². The standard InChI is InChI=1S/C17H20N4O4S/c1-20(2)15-8-7-13(11-19-15)26(23,24)21-10-9-12-5-3-4-6-14(12)16(21)25-17(18)22/h3-8,11,16H,9-10H2,1-2H3,(H2,18,22). The molecule has 0 spiro atoms. The molecule has 1 unspecified atom stereocenters. The largest absolute Gasteiger partial charge is 0.425 e. The van der Waals surface area contributed by atoms with Crippen molar-refractivity contribution in [1.82, 2.24) is 9.29 Å². The highest BCUT2D eigenvalue weighted by Gasteiger charge is 2.38. The van der Waals surface area contributed by atoms with Crippen molar-refractivity contribution >= 4 is 21.9 Å². The van der Waals surface area contributed by atoms with Gasteiger partial charge in [0, 0.05) is 32.4 Å². The number of fused-ring (bicyclic) bond motifs is 1. The quantitative estimate of drug-likeness (QED) is 0.867. The van der Waals surface area contributed by atoms with Gasteiger partial charge in [-0.25, -0.2) is 18.2 Å². The molecular weight excluding hydrogens is 356 g/mol. The minimum atomic E-state index is -3.92. The number of amides is 1. The Morgan fingerprint density at radius 2 is 2.00 bits per heavy atom. The number of hydrogen-bond acceptors (Lipinski definition) is 6. The Hall–Kier alpha value is -2.65. The molecule has 0 fully saturated rings. The van der Waals surface area contributed by atoms with Crippen LogP contribution in [-0.4, -0.2) is 44.4 Å². The summed E-state index contributed by atoms with van der Waals surface area (Å²) in [6.45, 7) is 0.173. The highest BCUT2D eigenvalue weighted by Crippen LogP contribution is 2.35. The van der Waals surface area contributed by atoms with Crippen molar-refractivity contribution in [1.29, 1.82) is 0 Å². The number of pyridine rings is 1. The normalized spacial score (nSPS) is 17.4. The third kappa shape index (κ3) is 3.35. The van der Waals surface area contributed by atoms with Crippen LogP contribution >= 0.6 is 0 Å². The maximum Gasteiger partial charge on any atom is 0.406 e. The Bertz CT molecular complexity index is 913. The molecular formula is C17H20N4O4S. The second-order valence-corrected chi connectivity index (χ2v) is 7.99. The van der Waals surface area contributed by atoms with Gasteiger partial charge >= 0.3 is 6.09 Å². The van der Waals surface area contributed by atoms with E-state index in [0.29, 0.717) is 17.8 Å². The van der Waals surface area contributed by atoms with E-state index >= 15 is 0 Å². The van der Waals surface area contributed by atoms with Gasteiger partial charge in [0.05, 0.1) is 0 Å². The van der Waals surface area contributed by atoms with Gasteiger partial charge in [0.25, 0.3) is 0 Å². The summed E-state index contributed by atoms with van der Waals surface area (Å²) in [6.07, 6.45) is -0.326. The van der Waals surface area contributed by atoms with Gasteiger partial charge < -0.3 is 15.4 Å². The number of ether oxygens (including phenoxy) is 1. The maximum absolute atomic E-state index is 13.1. The summed E-state index contributed by atoms with van der Waals surface area (Å²) in [5.74, 6) is 0.637. The monoisotopic (exact) mass is 376 g/mol. The molecule has 8 nitrogen and oxygen atoms in total. The van der Waals surface area contributed by atoms with Crippen LogP contribution in [0.1, 0.15) is 17.4 Å². The summed E-state index contributed by atoms with van der Waals surface area (Å²) >= 11 is 0. The van der Waals surface area contributed by atoms with E-state index in [4.69, 9.17) is 10.5 Å². The van der Waals surface area contributed by atoms with Crippen LogP contribution in [0.5, 0.6) is 0 Å².